The van der Waals surface area contributed by atoms with Gasteiger partial charge < -0.3 is 20.8 Å². The predicted octanol–water partition coefficient (Wildman–Crippen LogP) is 1.89. The van der Waals surface area contributed by atoms with Gasteiger partial charge >= 0.3 is 0 Å². The summed E-state index contributed by atoms with van der Waals surface area (Å²) < 4.78 is 5.20. The van der Waals surface area contributed by atoms with Crippen LogP contribution in [-0.2, 0) is 0 Å². The number of para-hydroxylation sites is 1. The lowest BCUT2D eigenvalue weighted by atomic mass is 10.1. The van der Waals surface area contributed by atoms with Gasteiger partial charge in [-0.25, -0.2) is 0 Å². The van der Waals surface area contributed by atoms with Crippen molar-refractivity contribution in [2.24, 2.45) is 5.73 Å². The average Bonchev–Trinajstić information content (AvgIpc) is 2.62. The molecule has 126 valence electrons. The third-order valence-electron chi connectivity index (χ3n) is 3.77. The van der Waals surface area contributed by atoms with Crippen LogP contribution in [0.15, 0.2) is 53.5 Å². The number of H-pyrrole nitrogens is 1. The highest BCUT2D eigenvalue weighted by molar-refractivity contribution is 6.06. The van der Waals surface area contributed by atoms with Gasteiger partial charge in [0.25, 0.3) is 5.91 Å². The lowest BCUT2D eigenvalue weighted by Gasteiger charge is -2.08. The Morgan fingerprint density at radius 1 is 1.12 bits per heavy atom. The molecular weight excluding hydrogens is 322 g/mol. The molecular formula is C18H15N3O4. The van der Waals surface area contributed by atoms with E-state index in [9.17, 15) is 14.4 Å². The van der Waals surface area contributed by atoms with Crippen LogP contribution in [0.3, 0.4) is 0 Å². The Morgan fingerprint density at radius 3 is 2.48 bits per heavy atom. The molecule has 2 aromatic carbocycles. The van der Waals surface area contributed by atoms with Gasteiger partial charge in [0.2, 0.25) is 11.3 Å². The van der Waals surface area contributed by atoms with Gasteiger partial charge in [0.1, 0.15) is 11.3 Å². The Balaban J connectivity index is 1.93. The van der Waals surface area contributed by atoms with E-state index in [0.717, 1.165) is 0 Å². The molecule has 0 fully saturated rings. The molecule has 7 heteroatoms. The SMILES string of the molecule is COc1cccc2c(=O)c(C(=O)Nc3ccc(C(N)=O)cc3)c[nH]c12. The van der Waals surface area contributed by atoms with Gasteiger partial charge in [0.05, 0.1) is 18.0 Å². The maximum Gasteiger partial charge on any atom is 0.261 e. The first-order valence-corrected chi connectivity index (χ1v) is 7.41. The van der Waals surface area contributed by atoms with Crippen molar-refractivity contribution in [1.29, 1.82) is 0 Å². The Kier molecular flexibility index (Phi) is 4.21. The van der Waals surface area contributed by atoms with Gasteiger partial charge in [-0.2, -0.15) is 0 Å². The van der Waals surface area contributed by atoms with Crippen molar-refractivity contribution < 1.29 is 14.3 Å². The number of carbonyl (C=O) groups is 2. The molecule has 0 saturated carbocycles. The van der Waals surface area contributed by atoms with Gasteiger partial charge in [-0.05, 0) is 36.4 Å². The number of hydrogen-bond acceptors (Lipinski definition) is 4. The quantitative estimate of drug-likeness (QED) is 0.674. The normalized spacial score (nSPS) is 10.4. The summed E-state index contributed by atoms with van der Waals surface area (Å²) in [5.41, 5.74) is 6.04. The number of hydrogen-bond donors (Lipinski definition) is 3. The zero-order chi connectivity index (χ0) is 18.0. The lowest BCUT2D eigenvalue weighted by Crippen LogP contribution is -2.22. The van der Waals surface area contributed by atoms with E-state index in [4.69, 9.17) is 10.5 Å². The summed E-state index contributed by atoms with van der Waals surface area (Å²) in [4.78, 5) is 39.0. The number of fused-ring (bicyclic) bond motifs is 1. The fourth-order valence-electron chi connectivity index (χ4n) is 2.48. The smallest absolute Gasteiger partial charge is 0.261 e. The number of rotatable bonds is 4. The molecule has 0 unspecified atom stereocenters. The van der Waals surface area contributed by atoms with Crippen molar-refractivity contribution in [3.63, 3.8) is 0 Å². The fraction of sp³-hybridized carbons (Fsp3) is 0.0556. The predicted molar refractivity (Wildman–Crippen MR) is 94.0 cm³/mol. The van der Waals surface area contributed by atoms with Gasteiger partial charge in [0.15, 0.2) is 0 Å². The number of anilines is 1. The number of aromatic amines is 1. The summed E-state index contributed by atoms with van der Waals surface area (Å²) in [6.45, 7) is 0. The Bertz CT molecular complexity index is 1020. The van der Waals surface area contributed by atoms with Crippen LogP contribution >= 0.6 is 0 Å². The van der Waals surface area contributed by atoms with Crippen LogP contribution in [0.2, 0.25) is 0 Å². The molecule has 0 aliphatic carbocycles. The van der Waals surface area contributed by atoms with Gasteiger partial charge in [0, 0.05) is 17.4 Å². The summed E-state index contributed by atoms with van der Waals surface area (Å²) in [6, 6.07) is 11.1. The van der Waals surface area contributed by atoms with Crippen molar-refractivity contribution in [2.45, 2.75) is 0 Å². The van der Waals surface area contributed by atoms with E-state index >= 15 is 0 Å². The monoisotopic (exact) mass is 337 g/mol. The van der Waals surface area contributed by atoms with Crippen LogP contribution in [0.1, 0.15) is 20.7 Å². The molecule has 0 radical (unpaired) electrons. The number of primary amides is 1. The molecule has 0 aliphatic heterocycles. The molecule has 3 aromatic rings. The van der Waals surface area contributed by atoms with Crippen molar-refractivity contribution in [3.05, 3.63) is 70.0 Å². The molecule has 4 N–H and O–H groups in total. The number of pyridine rings is 1. The Morgan fingerprint density at radius 2 is 1.84 bits per heavy atom. The topological polar surface area (TPSA) is 114 Å². The minimum atomic E-state index is -0.558. The molecule has 7 nitrogen and oxygen atoms in total. The summed E-state index contributed by atoms with van der Waals surface area (Å²) in [6.07, 6.45) is 1.35. The maximum atomic E-state index is 12.6. The first kappa shape index (κ1) is 16.3. The van der Waals surface area contributed by atoms with E-state index < -0.39 is 17.2 Å². The second-order valence-corrected chi connectivity index (χ2v) is 5.31. The molecule has 3 rings (SSSR count). The first-order valence-electron chi connectivity index (χ1n) is 7.41. The number of methoxy groups -OCH3 is 1. The fourth-order valence-corrected chi connectivity index (χ4v) is 2.48. The highest BCUT2D eigenvalue weighted by Gasteiger charge is 2.15. The maximum absolute atomic E-state index is 12.6. The Labute approximate surface area is 142 Å². The summed E-state index contributed by atoms with van der Waals surface area (Å²) in [5, 5.41) is 2.97. The summed E-state index contributed by atoms with van der Waals surface area (Å²) in [5.74, 6) is -0.598. The van der Waals surface area contributed by atoms with Crippen LogP contribution in [0.4, 0.5) is 5.69 Å². The second-order valence-electron chi connectivity index (χ2n) is 5.31. The molecule has 25 heavy (non-hydrogen) atoms. The zero-order valence-electron chi connectivity index (χ0n) is 13.3. The lowest BCUT2D eigenvalue weighted by molar-refractivity contribution is 0.0998. The second kappa shape index (κ2) is 6.48. The van der Waals surface area contributed by atoms with Crippen LogP contribution in [0.25, 0.3) is 10.9 Å². The number of nitrogens with two attached hydrogens (primary N) is 1. The van der Waals surface area contributed by atoms with Gasteiger partial charge in [-0.15, -0.1) is 0 Å². The van der Waals surface area contributed by atoms with Crippen molar-refractivity contribution in [2.75, 3.05) is 12.4 Å². The summed E-state index contributed by atoms with van der Waals surface area (Å²) >= 11 is 0. The third-order valence-corrected chi connectivity index (χ3v) is 3.77. The van der Waals surface area contributed by atoms with Gasteiger partial charge in [-0.1, -0.05) is 6.07 Å². The standard InChI is InChI=1S/C18H15N3O4/c1-25-14-4-2-3-12-15(14)20-9-13(16(12)22)18(24)21-11-7-5-10(6-8-11)17(19)23/h2-9H,1H3,(H2,19,23)(H,20,22)(H,21,24). The first-order chi connectivity index (χ1) is 12.0. The third kappa shape index (κ3) is 3.07. The van der Waals surface area contributed by atoms with Crippen LogP contribution < -0.4 is 21.2 Å². The molecule has 0 spiro atoms. The van der Waals surface area contributed by atoms with E-state index in [1.54, 1.807) is 18.2 Å². The number of nitrogens with one attached hydrogen (secondary N) is 2. The molecule has 0 saturated heterocycles. The zero-order valence-corrected chi connectivity index (χ0v) is 13.3. The summed E-state index contributed by atoms with van der Waals surface area (Å²) in [7, 11) is 1.50. The number of ether oxygens (including phenoxy) is 1. The van der Waals surface area contributed by atoms with Crippen molar-refractivity contribution in [3.8, 4) is 5.75 Å². The number of amides is 2. The molecule has 0 aliphatic rings. The number of carbonyl (C=O) groups excluding carboxylic acids is 2. The minimum Gasteiger partial charge on any atom is -0.495 e. The van der Waals surface area contributed by atoms with E-state index in [2.05, 4.69) is 10.3 Å². The van der Waals surface area contributed by atoms with Crippen molar-refractivity contribution in [1.82, 2.24) is 4.98 Å². The highest BCUT2D eigenvalue weighted by Crippen LogP contribution is 2.21. The average molecular weight is 337 g/mol. The highest BCUT2D eigenvalue weighted by atomic mass is 16.5. The van der Waals surface area contributed by atoms with E-state index in [1.807, 2.05) is 0 Å². The van der Waals surface area contributed by atoms with Crippen LogP contribution in [-0.4, -0.2) is 23.9 Å². The number of aromatic nitrogens is 1. The molecule has 1 heterocycles. The number of benzene rings is 2. The van der Waals surface area contributed by atoms with E-state index in [-0.39, 0.29) is 5.56 Å². The largest absolute Gasteiger partial charge is 0.495 e. The van der Waals surface area contributed by atoms with E-state index in [0.29, 0.717) is 27.9 Å². The van der Waals surface area contributed by atoms with Crippen LogP contribution in [0.5, 0.6) is 5.75 Å². The molecule has 1 aromatic heterocycles. The van der Waals surface area contributed by atoms with E-state index in [1.165, 1.54) is 37.6 Å². The van der Waals surface area contributed by atoms with Crippen LogP contribution in [0, 0.1) is 0 Å². The minimum absolute atomic E-state index is 0.0280. The van der Waals surface area contributed by atoms with Gasteiger partial charge in [-0.3, -0.25) is 14.4 Å². The molecule has 0 atom stereocenters. The molecule has 0 bridgehead atoms. The van der Waals surface area contributed by atoms with Crippen molar-refractivity contribution >= 4 is 28.4 Å². The Hall–Kier alpha value is -3.61. The molecule has 2 amide bonds.